The van der Waals surface area contributed by atoms with Crippen LogP contribution in [0, 0.1) is 0 Å². The normalized spacial score (nSPS) is 24.2. The first-order chi connectivity index (χ1) is 14.6. The highest BCUT2D eigenvalue weighted by atomic mass is 16.4. The summed E-state index contributed by atoms with van der Waals surface area (Å²) in [7, 11) is 0. The molecule has 10 N–H and O–H groups in total. The Bertz CT molecular complexity index is 577. The lowest BCUT2D eigenvalue weighted by Gasteiger charge is -2.50. The molecular formula is C20H41N3O9. The molecule has 0 radical (unpaired) electrons. The summed E-state index contributed by atoms with van der Waals surface area (Å²) in [5.74, 6) is -0.784. The summed E-state index contributed by atoms with van der Waals surface area (Å²) < 4.78 is 0. The Kier molecular flexibility index (Phi) is 10.9. The van der Waals surface area contributed by atoms with E-state index < -0.39 is 62.4 Å². The van der Waals surface area contributed by atoms with E-state index in [0.717, 1.165) is 0 Å². The van der Waals surface area contributed by atoms with Crippen LogP contribution in [0.1, 0.15) is 40.5 Å². The molecule has 0 bridgehead atoms. The van der Waals surface area contributed by atoms with Gasteiger partial charge < -0.3 is 51.1 Å². The molecule has 0 spiro atoms. The topological polar surface area (TPSA) is 206 Å². The maximum Gasteiger partial charge on any atom is 0.266 e. The van der Waals surface area contributed by atoms with Crippen LogP contribution in [0.15, 0.2) is 0 Å². The van der Waals surface area contributed by atoms with E-state index in [4.69, 9.17) is 5.11 Å². The maximum atomic E-state index is 13.0. The minimum absolute atomic E-state index is 0.211. The van der Waals surface area contributed by atoms with Gasteiger partial charge in [-0.05, 0) is 40.5 Å². The lowest BCUT2D eigenvalue weighted by atomic mass is 9.79. The van der Waals surface area contributed by atoms with E-state index in [1.165, 1.54) is 4.90 Å². The summed E-state index contributed by atoms with van der Waals surface area (Å²) in [6.07, 6.45) is -8.97. The van der Waals surface area contributed by atoms with Crippen molar-refractivity contribution in [3.8, 4) is 0 Å². The fourth-order valence-corrected chi connectivity index (χ4v) is 4.35. The zero-order valence-corrected chi connectivity index (χ0v) is 19.2. The number of hydrogen-bond acceptors (Lipinski definition) is 11. The average Bonchev–Trinajstić information content (AvgIpc) is 2.70. The molecule has 1 saturated heterocycles. The molecule has 1 aliphatic heterocycles. The molecule has 0 aromatic carbocycles. The predicted octanol–water partition coefficient (Wildman–Crippen LogP) is -4.18. The van der Waals surface area contributed by atoms with Gasteiger partial charge in [0.25, 0.3) is 5.91 Å². The van der Waals surface area contributed by atoms with E-state index >= 15 is 0 Å². The van der Waals surface area contributed by atoms with E-state index in [9.17, 15) is 40.5 Å². The summed E-state index contributed by atoms with van der Waals surface area (Å²) in [6.45, 7) is 5.79. The van der Waals surface area contributed by atoms with Gasteiger partial charge in [-0.15, -0.1) is 0 Å². The molecule has 0 aromatic rings. The van der Waals surface area contributed by atoms with E-state index in [-0.39, 0.29) is 23.7 Å². The SMILES string of the molecule is CC1(C)CC(N(CC(O)CO)C(=O)C(O)NCC(O)C(O)C(O)C(O)CO)CC(C)(C)N1. The fraction of sp³-hybridized carbons (Fsp3) is 0.950. The third kappa shape index (κ3) is 8.45. The minimum atomic E-state index is -1.84. The minimum Gasteiger partial charge on any atom is -0.394 e. The molecule has 190 valence electrons. The summed E-state index contributed by atoms with van der Waals surface area (Å²) in [6, 6.07) is -0.358. The maximum absolute atomic E-state index is 13.0. The van der Waals surface area contributed by atoms with Crippen molar-refractivity contribution >= 4 is 5.91 Å². The number of rotatable bonds is 12. The second-order valence-corrected chi connectivity index (χ2v) is 9.89. The quantitative estimate of drug-likeness (QED) is 0.125. The lowest BCUT2D eigenvalue weighted by Crippen LogP contribution is -2.65. The molecule has 12 nitrogen and oxygen atoms in total. The second kappa shape index (κ2) is 12.0. The lowest BCUT2D eigenvalue weighted by molar-refractivity contribution is -0.149. The highest BCUT2D eigenvalue weighted by Gasteiger charge is 2.42. The number of amides is 1. The summed E-state index contributed by atoms with van der Waals surface area (Å²) in [5.41, 5.74) is -0.672. The van der Waals surface area contributed by atoms with Crippen LogP contribution in [-0.4, -0.2) is 132 Å². The van der Waals surface area contributed by atoms with Gasteiger partial charge >= 0.3 is 0 Å². The number of nitrogens with zero attached hydrogens (tertiary/aromatic N) is 1. The van der Waals surface area contributed by atoms with Gasteiger partial charge in [0.05, 0.1) is 25.4 Å². The van der Waals surface area contributed by atoms with Gasteiger partial charge in [-0.25, -0.2) is 0 Å². The van der Waals surface area contributed by atoms with Crippen molar-refractivity contribution in [2.75, 3.05) is 26.3 Å². The molecule has 32 heavy (non-hydrogen) atoms. The van der Waals surface area contributed by atoms with Gasteiger partial charge in [-0.3, -0.25) is 10.1 Å². The molecule has 6 atom stereocenters. The van der Waals surface area contributed by atoms with Crippen LogP contribution in [0.25, 0.3) is 0 Å². The van der Waals surface area contributed by atoms with Gasteiger partial charge in [0, 0.05) is 30.2 Å². The zero-order valence-electron chi connectivity index (χ0n) is 19.2. The molecule has 1 heterocycles. The molecule has 1 aliphatic rings. The Hall–Kier alpha value is -0.930. The molecule has 0 aliphatic carbocycles. The van der Waals surface area contributed by atoms with Crippen molar-refractivity contribution in [1.29, 1.82) is 0 Å². The molecule has 1 rings (SSSR count). The standard InChI is InChI=1S/C20H41N3O9/c1-19(2)5-11(6-20(3,4)22-19)23(8-12(26)9-24)18(32)17(31)21-7-13(27)15(29)16(30)14(28)10-25/h11-17,21-22,24-31H,5-10H2,1-4H3. The van der Waals surface area contributed by atoms with Crippen molar-refractivity contribution in [2.45, 2.75) is 94.4 Å². The molecule has 6 unspecified atom stereocenters. The van der Waals surface area contributed by atoms with Crippen LogP contribution in [0.4, 0.5) is 0 Å². The van der Waals surface area contributed by atoms with Crippen LogP contribution >= 0.6 is 0 Å². The van der Waals surface area contributed by atoms with Gasteiger partial charge in [-0.2, -0.15) is 0 Å². The van der Waals surface area contributed by atoms with E-state index in [0.29, 0.717) is 12.8 Å². The number of hydrogen-bond donors (Lipinski definition) is 10. The number of nitrogens with one attached hydrogen (secondary N) is 2. The molecule has 0 saturated carbocycles. The van der Waals surface area contributed by atoms with Crippen LogP contribution in [0.2, 0.25) is 0 Å². The number of carbonyl (C=O) groups excluding carboxylic acids is 1. The molecular weight excluding hydrogens is 426 g/mol. The Morgan fingerprint density at radius 2 is 1.44 bits per heavy atom. The van der Waals surface area contributed by atoms with Crippen LogP contribution in [-0.2, 0) is 4.79 Å². The van der Waals surface area contributed by atoms with E-state index in [2.05, 4.69) is 10.6 Å². The molecule has 12 heteroatoms. The third-order valence-corrected chi connectivity index (χ3v) is 5.59. The largest absolute Gasteiger partial charge is 0.394 e. The predicted molar refractivity (Wildman–Crippen MR) is 114 cm³/mol. The Balaban J connectivity index is 2.89. The highest BCUT2D eigenvalue weighted by molar-refractivity contribution is 5.80. The first kappa shape index (κ1) is 29.1. The summed E-state index contributed by atoms with van der Waals surface area (Å²) in [4.78, 5) is 14.3. The summed E-state index contributed by atoms with van der Waals surface area (Å²) >= 11 is 0. The first-order valence-electron chi connectivity index (χ1n) is 10.8. The average molecular weight is 468 g/mol. The van der Waals surface area contributed by atoms with Crippen LogP contribution < -0.4 is 10.6 Å². The van der Waals surface area contributed by atoms with Gasteiger partial charge in [-0.1, -0.05) is 0 Å². The molecule has 1 fully saturated rings. The monoisotopic (exact) mass is 467 g/mol. The van der Waals surface area contributed by atoms with E-state index in [1.54, 1.807) is 0 Å². The molecule has 0 aromatic heterocycles. The second-order valence-electron chi connectivity index (χ2n) is 9.89. The first-order valence-corrected chi connectivity index (χ1v) is 10.8. The van der Waals surface area contributed by atoms with Crippen molar-refractivity contribution in [3.05, 3.63) is 0 Å². The number of carbonyl (C=O) groups is 1. The Labute approximate surface area is 188 Å². The zero-order chi connectivity index (χ0) is 24.9. The highest BCUT2D eigenvalue weighted by Crippen LogP contribution is 2.32. The number of piperidine rings is 1. The summed E-state index contributed by atoms with van der Waals surface area (Å²) in [5, 5.41) is 83.2. The van der Waals surface area contributed by atoms with Crippen molar-refractivity contribution < 1.29 is 45.6 Å². The van der Waals surface area contributed by atoms with Gasteiger partial charge in [0.1, 0.15) is 18.3 Å². The van der Waals surface area contributed by atoms with Crippen LogP contribution in [0.3, 0.4) is 0 Å². The van der Waals surface area contributed by atoms with Crippen LogP contribution in [0.5, 0.6) is 0 Å². The Morgan fingerprint density at radius 1 is 0.938 bits per heavy atom. The molecule has 1 amide bonds. The van der Waals surface area contributed by atoms with Crippen molar-refractivity contribution in [2.24, 2.45) is 0 Å². The van der Waals surface area contributed by atoms with Crippen molar-refractivity contribution in [1.82, 2.24) is 15.5 Å². The van der Waals surface area contributed by atoms with Gasteiger partial charge in [0.15, 0.2) is 6.23 Å². The van der Waals surface area contributed by atoms with Crippen molar-refractivity contribution in [3.63, 3.8) is 0 Å². The number of aliphatic hydroxyl groups excluding tert-OH is 8. The van der Waals surface area contributed by atoms with E-state index in [1.807, 2.05) is 27.7 Å². The smallest absolute Gasteiger partial charge is 0.266 e. The van der Waals surface area contributed by atoms with Gasteiger partial charge in [0.2, 0.25) is 0 Å². The fourth-order valence-electron chi connectivity index (χ4n) is 4.35. The number of aliphatic hydroxyl groups is 8. The third-order valence-electron chi connectivity index (χ3n) is 5.59. The Morgan fingerprint density at radius 3 is 1.91 bits per heavy atom.